The second-order valence-electron chi connectivity index (χ2n) is 7.91. The molecule has 0 atom stereocenters. The van der Waals surface area contributed by atoms with Crippen LogP contribution in [0.25, 0.3) is 0 Å². The lowest BCUT2D eigenvalue weighted by Crippen LogP contribution is -2.41. The van der Waals surface area contributed by atoms with Crippen LogP contribution in [0.2, 0.25) is 5.02 Å². The maximum atomic E-state index is 13.4. The quantitative estimate of drug-likeness (QED) is 0.321. The molecule has 35 heavy (non-hydrogen) atoms. The maximum Gasteiger partial charge on any atom is 0.264 e. The van der Waals surface area contributed by atoms with Crippen molar-refractivity contribution >= 4 is 45.0 Å². The Morgan fingerprint density at radius 3 is 2.43 bits per heavy atom. The predicted octanol–water partition coefficient (Wildman–Crippen LogP) is 5.29. The van der Waals surface area contributed by atoms with Gasteiger partial charge in [-0.1, -0.05) is 47.5 Å². The molecule has 3 rings (SSSR count). The third-order valence-corrected chi connectivity index (χ3v) is 8.35. The van der Waals surface area contributed by atoms with Gasteiger partial charge in [-0.3, -0.25) is 9.10 Å². The number of hydrogen-bond donors (Lipinski definition) is 1. The van der Waals surface area contributed by atoms with E-state index in [2.05, 4.69) is 36.5 Å². The van der Waals surface area contributed by atoms with Crippen molar-refractivity contribution < 1.29 is 17.9 Å². The molecule has 3 aromatic carbocycles. The molecule has 0 fully saturated rings. The van der Waals surface area contributed by atoms with Gasteiger partial charge in [-0.15, -0.1) is 0 Å². The van der Waals surface area contributed by atoms with E-state index < -0.39 is 10.0 Å². The van der Waals surface area contributed by atoms with Gasteiger partial charge in [0.1, 0.15) is 12.3 Å². The van der Waals surface area contributed by atoms with Crippen LogP contribution in [0, 0.1) is 6.92 Å². The predicted molar refractivity (Wildman–Crippen MR) is 144 cm³/mol. The number of rotatable bonds is 12. The standard InChI is InChI=1S/C26H29ClN2O4S2/c1-20-7-9-21(10-8-20)19-34-16-4-15-28-26(30)18-29(23-6-3-5-22(27)17-23)35(31,32)25-13-11-24(33-2)12-14-25/h3,5-14,17H,4,15-16,18-19H2,1-2H3,(H,28,30). The number of benzene rings is 3. The van der Waals surface area contributed by atoms with Crippen LogP contribution >= 0.6 is 23.4 Å². The number of nitrogens with zero attached hydrogens (tertiary/aromatic N) is 1. The number of methoxy groups -OCH3 is 1. The average Bonchev–Trinajstić information content (AvgIpc) is 2.85. The average molecular weight is 533 g/mol. The van der Waals surface area contributed by atoms with E-state index in [9.17, 15) is 13.2 Å². The van der Waals surface area contributed by atoms with Gasteiger partial charge in [0.05, 0.1) is 17.7 Å². The third-order valence-electron chi connectivity index (χ3n) is 5.21. The number of thioether (sulfide) groups is 1. The number of ether oxygens (including phenoxy) is 1. The number of nitrogens with one attached hydrogen (secondary N) is 1. The first-order chi connectivity index (χ1) is 16.8. The zero-order chi connectivity index (χ0) is 25.3. The second kappa shape index (κ2) is 12.9. The Balaban J connectivity index is 1.59. The molecule has 0 aromatic heterocycles. The van der Waals surface area contributed by atoms with Crippen molar-refractivity contribution in [2.45, 2.75) is 24.0 Å². The van der Waals surface area contributed by atoms with Crippen molar-refractivity contribution in [3.05, 3.63) is 88.9 Å². The molecule has 0 spiro atoms. The van der Waals surface area contributed by atoms with Crippen LogP contribution in [0.15, 0.2) is 77.7 Å². The van der Waals surface area contributed by atoms with E-state index in [0.29, 0.717) is 23.0 Å². The smallest absolute Gasteiger partial charge is 0.264 e. The number of halogens is 1. The van der Waals surface area contributed by atoms with Crippen molar-refractivity contribution in [2.24, 2.45) is 0 Å². The molecule has 0 bridgehead atoms. The number of anilines is 1. The van der Waals surface area contributed by atoms with Crippen LogP contribution in [0.4, 0.5) is 5.69 Å². The molecular formula is C26H29ClN2O4S2. The van der Waals surface area contributed by atoms with Crippen molar-refractivity contribution in [3.8, 4) is 5.75 Å². The van der Waals surface area contributed by atoms with Gasteiger partial charge in [-0.25, -0.2) is 8.42 Å². The summed E-state index contributed by atoms with van der Waals surface area (Å²) >= 11 is 7.90. The molecule has 0 aliphatic heterocycles. The lowest BCUT2D eigenvalue weighted by molar-refractivity contribution is -0.119. The molecule has 3 aromatic rings. The first kappa shape index (κ1) is 26.9. The summed E-state index contributed by atoms with van der Waals surface area (Å²) in [5.74, 6) is 1.95. The summed E-state index contributed by atoms with van der Waals surface area (Å²) in [6.45, 7) is 2.17. The van der Waals surface area contributed by atoms with E-state index in [-0.39, 0.29) is 17.3 Å². The zero-order valence-corrected chi connectivity index (χ0v) is 22.1. The molecular weight excluding hydrogens is 504 g/mol. The minimum atomic E-state index is -4.01. The minimum absolute atomic E-state index is 0.0542. The first-order valence-corrected chi connectivity index (χ1v) is 14.1. The lowest BCUT2D eigenvalue weighted by Gasteiger charge is -2.24. The van der Waals surface area contributed by atoms with Crippen LogP contribution in [0.5, 0.6) is 5.75 Å². The van der Waals surface area contributed by atoms with Crippen molar-refractivity contribution in [1.29, 1.82) is 0 Å². The van der Waals surface area contributed by atoms with Gasteiger partial charge >= 0.3 is 0 Å². The Hall–Kier alpha value is -2.68. The molecule has 1 N–H and O–H groups in total. The fourth-order valence-electron chi connectivity index (χ4n) is 3.28. The Morgan fingerprint density at radius 2 is 1.77 bits per heavy atom. The van der Waals surface area contributed by atoms with E-state index in [1.807, 2.05) is 0 Å². The van der Waals surface area contributed by atoms with E-state index in [1.54, 1.807) is 42.1 Å². The maximum absolute atomic E-state index is 13.4. The summed E-state index contributed by atoms with van der Waals surface area (Å²) < 4.78 is 33.0. The number of carbonyl (C=O) groups excluding carboxylic acids is 1. The Labute approximate surface area is 216 Å². The molecule has 0 saturated heterocycles. The highest BCUT2D eigenvalue weighted by atomic mass is 35.5. The Bertz CT molecular complexity index is 1220. The molecule has 1 amide bonds. The molecule has 0 unspecified atom stereocenters. The highest BCUT2D eigenvalue weighted by Crippen LogP contribution is 2.27. The fourth-order valence-corrected chi connectivity index (χ4v) is 5.80. The van der Waals surface area contributed by atoms with Crippen molar-refractivity contribution in [1.82, 2.24) is 5.32 Å². The number of sulfonamides is 1. The van der Waals surface area contributed by atoms with Gasteiger partial charge in [-0.2, -0.15) is 11.8 Å². The van der Waals surface area contributed by atoms with Gasteiger partial charge in [-0.05, 0) is 67.1 Å². The summed E-state index contributed by atoms with van der Waals surface area (Å²) in [4.78, 5) is 12.8. The number of carbonyl (C=O) groups is 1. The monoisotopic (exact) mass is 532 g/mol. The van der Waals surface area contributed by atoms with E-state index in [1.165, 1.54) is 36.4 Å². The summed E-state index contributed by atoms with van der Waals surface area (Å²) in [5, 5.41) is 3.21. The van der Waals surface area contributed by atoms with Crippen molar-refractivity contribution in [3.63, 3.8) is 0 Å². The highest BCUT2D eigenvalue weighted by molar-refractivity contribution is 7.98. The normalized spacial score (nSPS) is 11.2. The number of hydrogen-bond acceptors (Lipinski definition) is 5. The van der Waals surface area contributed by atoms with E-state index >= 15 is 0 Å². The zero-order valence-electron chi connectivity index (χ0n) is 19.7. The van der Waals surface area contributed by atoms with Gasteiger partial charge in [0.25, 0.3) is 10.0 Å². The lowest BCUT2D eigenvalue weighted by atomic mass is 10.2. The van der Waals surface area contributed by atoms with Crippen LogP contribution in [0.3, 0.4) is 0 Å². The molecule has 0 aliphatic rings. The van der Waals surface area contributed by atoms with Crippen LogP contribution in [-0.4, -0.2) is 40.3 Å². The Kier molecular flexibility index (Phi) is 9.89. The highest BCUT2D eigenvalue weighted by Gasteiger charge is 2.27. The first-order valence-electron chi connectivity index (χ1n) is 11.1. The van der Waals surface area contributed by atoms with Gasteiger partial charge in [0, 0.05) is 17.3 Å². The number of amides is 1. The second-order valence-corrected chi connectivity index (χ2v) is 11.3. The molecule has 186 valence electrons. The molecule has 0 radical (unpaired) electrons. The SMILES string of the molecule is COc1ccc(S(=O)(=O)N(CC(=O)NCCCSCc2ccc(C)cc2)c2cccc(Cl)c2)cc1. The van der Waals surface area contributed by atoms with Crippen LogP contribution < -0.4 is 14.4 Å². The van der Waals surface area contributed by atoms with Gasteiger partial charge in [0.15, 0.2) is 0 Å². The minimum Gasteiger partial charge on any atom is -0.497 e. The number of aryl methyl sites for hydroxylation is 1. The van der Waals surface area contributed by atoms with Crippen LogP contribution in [0.1, 0.15) is 17.5 Å². The summed E-state index contributed by atoms with van der Waals surface area (Å²) in [7, 11) is -2.50. The van der Waals surface area contributed by atoms with E-state index in [4.69, 9.17) is 16.3 Å². The molecule has 6 nitrogen and oxygen atoms in total. The molecule has 0 heterocycles. The van der Waals surface area contributed by atoms with Gasteiger partial charge < -0.3 is 10.1 Å². The molecule has 9 heteroatoms. The largest absolute Gasteiger partial charge is 0.497 e. The van der Waals surface area contributed by atoms with Gasteiger partial charge in [0.2, 0.25) is 5.91 Å². The summed E-state index contributed by atoms with van der Waals surface area (Å²) in [6.07, 6.45) is 0.782. The molecule has 0 saturated carbocycles. The van der Waals surface area contributed by atoms with Crippen LogP contribution in [-0.2, 0) is 20.6 Å². The fraction of sp³-hybridized carbons (Fsp3) is 0.269. The summed E-state index contributed by atoms with van der Waals surface area (Å²) in [6, 6.07) is 20.9. The Morgan fingerprint density at radius 1 is 1.06 bits per heavy atom. The summed E-state index contributed by atoms with van der Waals surface area (Å²) in [5.41, 5.74) is 2.82. The van der Waals surface area contributed by atoms with E-state index in [0.717, 1.165) is 22.2 Å². The third kappa shape index (κ3) is 7.92. The molecule has 0 aliphatic carbocycles. The topological polar surface area (TPSA) is 75.7 Å². The van der Waals surface area contributed by atoms with Crippen molar-refractivity contribution in [2.75, 3.05) is 30.3 Å².